The Hall–Kier alpha value is -0.580. The third-order valence-corrected chi connectivity index (χ3v) is 11.0. The van der Waals surface area contributed by atoms with Crippen molar-refractivity contribution in [3.05, 3.63) is 11.6 Å². The van der Waals surface area contributed by atoms with E-state index in [1.54, 1.807) is 13.8 Å². The highest BCUT2D eigenvalue weighted by Gasteiger charge is 2.64. The molecule has 0 aromatic rings. The summed E-state index contributed by atoms with van der Waals surface area (Å²) in [6.07, 6.45) is 3.88. The quantitative estimate of drug-likeness (QED) is 0.426. The topological polar surface area (TPSA) is 118 Å². The summed E-state index contributed by atoms with van der Waals surface area (Å²) < 4.78 is 23.6. The number of aliphatic hydroxyl groups is 4. The van der Waals surface area contributed by atoms with Crippen LogP contribution in [-0.2, 0) is 18.9 Å². The van der Waals surface area contributed by atoms with Gasteiger partial charge in [-0.15, -0.1) is 0 Å². The molecule has 5 rings (SSSR count). The molecular formula is C28H46O8. The van der Waals surface area contributed by atoms with Gasteiger partial charge in [-0.3, -0.25) is 0 Å². The first-order chi connectivity index (χ1) is 17.0. The number of ether oxygens (including phenoxy) is 4. The van der Waals surface area contributed by atoms with Crippen molar-refractivity contribution in [1.29, 1.82) is 0 Å². The van der Waals surface area contributed by atoms with Crippen molar-refractivity contribution in [2.24, 2.45) is 28.6 Å². The van der Waals surface area contributed by atoms with Crippen molar-refractivity contribution in [3.63, 3.8) is 0 Å². The Bertz CT molecular complexity index is 847. The van der Waals surface area contributed by atoms with Crippen molar-refractivity contribution >= 4 is 0 Å². The Morgan fingerprint density at radius 2 is 1.83 bits per heavy atom. The van der Waals surface area contributed by atoms with Crippen LogP contribution in [0.25, 0.3) is 0 Å². The third-order valence-electron chi connectivity index (χ3n) is 11.0. The van der Waals surface area contributed by atoms with Gasteiger partial charge in [-0.05, 0) is 82.0 Å². The van der Waals surface area contributed by atoms with Crippen LogP contribution in [0.1, 0.15) is 72.6 Å². The van der Waals surface area contributed by atoms with Crippen LogP contribution < -0.4 is 0 Å². The smallest absolute Gasteiger partial charge is 0.197 e. The van der Waals surface area contributed by atoms with Crippen molar-refractivity contribution in [1.82, 2.24) is 0 Å². The second-order valence-electron chi connectivity index (χ2n) is 12.6. The van der Waals surface area contributed by atoms with E-state index in [4.69, 9.17) is 18.9 Å². The van der Waals surface area contributed by atoms with Crippen LogP contribution in [0.2, 0.25) is 0 Å². The lowest BCUT2D eigenvalue weighted by atomic mass is 9.45. The van der Waals surface area contributed by atoms with Crippen molar-refractivity contribution in [2.75, 3.05) is 13.7 Å². The van der Waals surface area contributed by atoms with Crippen LogP contribution in [0.3, 0.4) is 0 Å². The van der Waals surface area contributed by atoms with E-state index in [1.165, 1.54) is 12.7 Å². The maximum Gasteiger partial charge on any atom is 0.197 e. The molecule has 2 aliphatic heterocycles. The zero-order valence-corrected chi connectivity index (χ0v) is 22.4. The van der Waals surface area contributed by atoms with Gasteiger partial charge in [0.2, 0.25) is 0 Å². The van der Waals surface area contributed by atoms with Gasteiger partial charge >= 0.3 is 0 Å². The Labute approximate surface area is 215 Å². The Morgan fingerprint density at radius 3 is 2.53 bits per heavy atom. The molecular weight excluding hydrogens is 464 g/mol. The average molecular weight is 511 g/mol. The van der Waals surface area contributed by atoms with E-state index >= 15 is 0 Å². The molecule has 13 atom stereocenters. The van der Waals surface area contributed by atoms with E-state index in [1.807, 2.05) is 0 Å². The average Bonchev–Trinajstić information content (AvgIpc) is 2.83. The van der Waals surface area contributed by atoms with Crippen LogP contribution in [0.15, 0.2) is 11.6 Å². The summed E-state index contributed by atoms with van der Waals surface area (Å²) >= 11 is 0. The fourth-order valence-electron chi connectivity index (χ4n) is 8.70. The molecule has 5 aliphatic rings. The molecule has 4 N–H and O–H groups in total. The summed E-state index contributed by atoms with van der Waals surface area (Å²) in [6.45, 7) is 8.39. The molecule has 2 heterocycles. The number of fused-ring (bicyclic) bond motifs is 5. The molecule has 0 aromatic heterocycles. The highest BCUT2D eigenvalue weighted by atomic mass is 16.7. The molecule has 0 radical (unpaired) electrons. The third kappa shape index (κ3) is 3.94. The first-order valence-electron chi connectivity index (χ1n) is 13.9. The second-order valence-corrected chi connectivity index (χ2v) is 12.6. The molecule has 8 heteroatoms. The summed E-state index contributed by atoms with van der Waals surface area (Å²) in [7, 11) is 1.50. The number of hydrogen-bond donors (Lipinski definition) is 4. The zero-order chi connectivity index (χ0) is 26.0. The first-order valence-corrected chi connectivity index (χ1v) is 13.9. The van der Waals surface area contributed by atoms with Gasteiger partial charge in [-0.2, -0.15) is 0 Å². The van der Waals surface area contributed by atoms with Gasteiger partial charge < -0.3 is 39.4 Å². The van der Waals surface area contributed by atoms with Gasteiger partial charge in [0.25, 0.3) is 0 Å². The van der Waals surface area contributed by atoms with Crippen LogP contribution in [0, 0.1) is 28.6 Å². The van der Waals surface area contributed by atoms with Gasteiger partial charge in [-0.1, -0.05) is 25.5 Å². The maximum absolute atomic E-state index is 11.4. The normalized spacial score (nSPS) is 54.0. The number of rotatable bonds is 4. The summed E-state index contributed by atoms with van der Waals surface area (Å²) in [5, 5.41) is 42.5. The van der Waals surface area contributed by atoms with Gasteiger partial charge in [0, 0.05) is 12.5 Å². The fraction of sp³-hybridized carbons (Fsp3) is 0.929. The summed E-state index contributed by atoms with van der Waals surface area (Å²) in [6, 6.07) is 0. The zero-order valence-electron chi connectivity index (χ0n) is 22.4. The highest BCUT2D eigenvalue weighted by molar-refractivity contribution is 5.25. The van der Waals surface area contributed by atoms with E-state index < -0.39 is 48.0 Å². The van der Waals surface area contributed by atoms with Crippen molar-refractivity contribution < 1.29 is 39.4 Å². The lowest BCUT2D eigenvalue weighted by molar-refractivity contribution is -0.359. The van der Waals surface area contributed by atoms with E-state index in [-0.39, 0.29) is 11.5 Å². The minimum absolute atomic E-state index is 0.0320. The van der Waals surface area contributed by atoms with E-state index in [9.17, 15) is 20.4 Å². The van der Waals surface area contributed by atoms with E-state index in [0.29, 0.717) is 24.4 Å². The van der Waals surface area contributed by atoms with Crippen LogP contribution >= 0.6 is 0 Å². The number of hydrogen-bond acceptors (Lipinski definition) is 8. The predicted octanol–water partition coefficient (Wildman–Crippen LogP) is 2.51. The van der Waals surface area contributed by atoms with Crippen molar-refractivity contribution in [3.8, 4) is 0 Å². The SMILES string of the molecule is COC1C(OC2CCC3(C)C(=CCC4C3CCC3(C)C4CCOC3(O)C(C)O)C2)OC(C)C(O)C1O. The monoisotopic (exact) mass is 510 g/mol. The molecule has 4 fully saturated rings. The maximum atomic E-state index is 11.4. The molecule has 0 amide bonds. The fourth-order valence-corrected chi connectivity index (χ4v) is 8.70. The summed E-state index contributed by atoms with van der Waals surface area (Å²) in [5.41, 5.74) is 1.07. The Balaban J connectivity index is 1.32. The lowest BCUT2D eigenvalue weighted by Gasteiger charge is -2.63. The minimum atomic E-state index is -1.50. The van der Waals surface area contributed by atoms with E-state index in [0.717, 1.165) is 44.9 Å². The van der Waals surface area contributed by atoms with Gasteiger partial charge in [0.15, 0.2) is 12.1 Å². The molecule has 206 valence electrons. The van der Waals surface area contributed by atoms with E-state index in [2.05, 4.69) is 19.9 Å². The molecule has 0 bridgehead atoms. The predicted molar refractivity (Wildman–Crippen MR) is 132 cm³/mol. The number of methoxy groups -OCH3 is 1. The lowest BCUT2D eigenvalue weighted by Crippen LogP contribution is -2.66. The standard InChI is InChI=1S/C28H46O8/c1-15-22(30)23(31)24(33-5)25(35-15)36-18-8-11-26(3)17(14-18)6-7-19-20(26)9-12-27(4)21(19)10-13-34-28(27,32)16(2)29/h6,15-16,18-25,29-32H,7-14H2,1-5H3. The van der Waals surface area contributed by atoms with Crippen molar-refractivity contribution in [2.45, 2.75) is 121 Å². The molecule has 13 unspecified atom stereocenters. The van der Waals surface area contributed by atoms with Gasteiger partial charge in [-0.25, -0.2) is 0 Å². The first kappa shape index (κ1) is 27.0. The number of allylic oxidation sites excluding steroid dienone is 1. The molecule has 8 nitrogen and oxygen atoms in total. The molecule has 3 aliphatic carbocycles. The Kier molecular flexibility index (Phi) is 7.17. The molecule has 0 spiro atoms. The van der Waals surface area contributed by atoms with Gasteiger partial charge in [0.05, 0.1) is 18.8 Å². The summed E-state index contributed by atoms with van der Waals surface area (Å²) in [5.74, 6) is -0.200. The van der Waals surface area contributed by atoms with Crippen LogP contribution in [0.5, 0.6) is 0 Å². The second kappa shape index (κ2) is 9.56. The highest BCUT2D eigenvalue weighted by Crippen LogP contribution is 2.65. The van der Waals surface area contributed by atoms with Crippen LogP contribution in [0.4, 0.5) is 0 Å². The largest absolute Gasteiger partial charge is 0.388 e. The summed E-state index contributed by atoms with van der Waals surface area (Å²) in [4.78, 5) is 0. The molecule has 36 heavy (non-hydrogen) atoms. The number of aliphatic hydroxyl groups excluding tert-OH is 3. The molecule has 0 aromatic carbocycles. The van der Waals surface area contributed by atoms with Crippen LogP contribution in [-0.4, -0.2) is 82.8 Å². The minimum Gasteiger partial charge on any atom is -0.388 e. The molecule has 2 saturated carbocycles. The van der Waals surface area contributed by atoms with Gasteiger partial charge in [0.1, 0.15) is 24.4 Å². The molecule has 2 saturated heterocycles. The Morgan fingerprint density at radius 1 is 1.08 bits per heavy atom.